The minimum absolute atomic E-state index is 0.107. The predicted molar refractivity (Wildman–Crippen MR) is 97.4 cm³/mol. The number of hydrogen-bond donors (Lipinski definition) is 2. The Bertz CT molecular complexity index is 1000. The van der Waals surface area contributed by atoms with Crippen LogP contribution in [0.5, 0.6) is 0 Å². The molecule has 4 rings (SSSR count). The summed E-state index contributed by atoms with van der Waals surface area (Å²) in [6.45, 7) is 4.10. The average molecular weight is 332 g/mol. The molecule has 2 heterocycles. The Hall–Kier alpha value is -2.97. The maximum Gasteiger partial charge on any atom is 0.162 e. The largest absolute Gasteiger partial charge is 0.337 e. The second-order valence-corrected chi connectivity index (χ2v) is 6.55. The van der Waals surface area contributed by atoms with E-state index in [9.17, 15) is 4.39 Å². The number of nitrogens with zero attached hydrogens (tertiary/aromatic N) is 2. The summed E-state index contributed by atoms with van der Waals surface area (Å²) in [6, 6.07) is 11.1. The summed E-state index contributed by atoms with van der Waals surface area (Å²) >= 11 is 0. The molecule has 0 amide bonds. The van der Waals surface area contributed by atoms with Crippen LogP contribution in [-0.2, 0) is 5.41 Å². The first-order valence-electron chi connectivity index (χ1n) is 8.09. The first kappa shape index (κ1) is 15.6. The molecule has 4 nitrogen and oxygen atoms in total. The molecular weight excluding hydrogens is 315 g/mol. The van der Waals surface area contributed by atoms with Gasteiger partial charge in [-0.05, 0) is 29.8 Å². The number of benzene rings is 2. The molecule has 25 heavy (non-hydrogen) atoms. The Morgan fingerprint density at radius 1 is 1.24 bits per heavy atom. The topological polar surface area (TPSA) is 49.8 Å². The standard InChI is InChI=1S/C20H17FN4/c1-3-13-5-4-6-17(18(13)21)25-19-15-9-14(20(2)10-22-11-20)7-8-16(15)23-12-24-19/h1,4-9,12,22H,10-11H2,2H3,(H,23,24,25). The highest BCUT2D eigenvalue weighted by Crippen LogP contribution is 2.32. The van der Waals surface area contributed by atoms with Crippen molar-refractivity contribution in [3.05, 3.63) is 59.7 Å². The molecule has 0 saturated carbocycles. The van der Waals surface area contributed by atoms with Crippen LogP contribution in [0.15, 0.2) is 42.7 Å². The zero-order valence-electron chi connectivity index (χ0n) is 13.8. The molecule has 0 atom stereocenters. The van der Waals surface area contributed by atoms with Gasteiger partial charge >= 0.3 is 0 Å². The fourth-order valence-electron chi connectivity index (χ4n) is 3.10. The third-order valence-corrected chi connectivity index (χ3v) is 4.77. The Morgan fingerprint density at radius 2 is 2.08 bits per heavy atom. The second kappa shape index (κ2) is 5.83. The summed E-state index contributed by atoms with van der Waals surface area (Å²) in [5.41, 5.74) is 2.66. The van der Waals surface area contributed by atoms with E-state index in [4.69, 9.17) is 6.42 Å². The molecule has 2 aromatic carbocycles. The first-order valence-corrected chi connectivity index (χ1v) is 8.09. The van der Waals surface area contributed by atoms with Crippen molar-refractivity contribution in [2.24, 2.45) is 0 Å². The quantitative estimate of drug-likeness (QED) is 0.722. The van der Waals surface area contributed by atoms with Gasteiger partial charge in [0, 0.05) is 23.9 Å². The molecule has 0 unspecified atom stereocenters. The van der Waals surface area contributed by atoms with E-state index in [1.165, 1.54) is 11.9 Å². The van der Waals surface area contributed by atoms with Gasteiger partial charge < -0.3 is 10.6 Å². The van der Waals surface area contributed by atoms with Crippen molar-refractivity contribution >= 4 is 22.4 Å². The molecule has 1 fully saturated rings. The maximum atomic E-state index is 14.4. The van der Waals surface area contributed by atoms with Crippen LogP contribution in [-0.4, -0.2) is 23.1 Å². The lowest BCUT2D eigenvalue weighted by Crippen LogP contribution is -2.54. The van der Waals surface area contributed by atoms with Gasteiger partial charge in [-0.2, -0.15) is 0 Å². The van der Waals surface area contributed by atoms with Crippen LogP contribution in [0, 0.1) is 18.2 Å². The average Bonchev–Trinajstić information content (AvgIpc) is 2.61. The van der Waals surface area contributed by atoms with Crippen molar-refractivity contribution in [3.8, 4) is 12.3 Å². The predicted octanol–water partition coefficient (Wildman–Crippen LogP) is 3.35. The van der Waals surface area contributed by atoms with E-state index in [0.717, 1.165) is 24.0 Å². The van der Waals surface area contributed by atoms with E-state index in [0.29, 0.717) is 11.5 Å². The molecule has 1 saturated heterocycles. The van der Waals surface area contributed by atoms with Crippen molar-refractivity contribution in [3.63, 3.8) is 0 Å². The molecule has 1 aliphatic heterocycles. The highest BCUT2D eigenvalue weighted by molar-refractivity contribution is 5.91. The van der Waals surface area contributed by atoms with Gasteiger partial charge in [0.05, 0.1) is 16.8 Å². The molecule has 5 heteroatoms. The third-order valence-electron chi connectivity index (χ3n) is 4.77. The van der Waals surface area contributed by atoms with Crippen LogP contribution < -0.4 is 10.6 Å². The van der Waals surface area contributed by atoms with E-state index in [1.54, 1.807) is 18.2 Å². The van der Waals surface area contributed by atoms with Gasteiger partial charge in [-0.1, -0.05) is 25.0 Å². The normalized spacial score (nSPS) is 15.4. The summed E-state index contributed by atoms with van der Waals surface area (Å²) in [5, 5.41) is 7.23. The lowest BCUT2D eigenvalue weighted by Gasteiger charge is -2.40. The number of halogens is 1. The number of rotatable bonds is 3. The molecule has 1 aliphatic rings. The van der Waals surface area contributed by atoms with Crippen LogP contribution in [0.25, 0.3) is 10.9 Å². The van der Waals surface area contributed by atoms with Crippen molar-refractivity contribution in [1.82, 2.24) is 15.3 Å². The zero-order valence-corrected chi connectivity index (χ0v) is 13.8. The van der Waals surface area contributed by atoms with Crippen LogP contribution >= 0.6 is 0 Å². The van der Waals surface area contributed by atoms with Crippen LogP contribution in [0.1, 0.15) is 18.1 Å². The number of aromatic nitrogens is 2. The number of fused-ring (bicyclic) bond motifs is 1. The van der Waals surface area contributed by atoms with Crippen LogP contribution in [0.2, 0.25) is 0 Å². The van der Waals surface area contributed by atoms with Crippen LogP contribution in [0.4, 0.5) is 15.9 Å². The Balaban J connectivity index is 1.79. The first-order chi connectivity index (χ1) is 12.1. The molecule has 2 N–H and O–H groups in total. The van der Waals surface area contributed by atoms with E-state index in [1.807, 2.05) is 6.07 Å². The molecule has 1 aromatic heterocycles. The van der Waals surface area contributed by atoms with Crippen LogP contribution in [0.3, 0.4) is 0 Å². The third kappa shape index (κ3) is 2.61. The number of anilines is 2. The summed E-state index contributed by atoms with van der Waals surface area (Å²) in [7, 11) is 0. The SMILES string of the molecule is C#Cc1cccc(Nc2ncnc3ccc(C4(C)CNC4)cc23)c1F. The molecular formula is C20H17FN4. The Kier molecular flexibility index (Phi) is 3.63. The van der Waals surface area contributed by atoms with Gasteiger partial charge in [-0.3, -0.25) is 0 Å². The summed E-state index contributed by atoms with van der Waals surface area (Å²) in [6.07, 6.45) is 6.82. The second-order valence-electron chi connectivity index (χ2n) is 6.55. The van der Waals surface area contributed by atoms with Crippen molar-refractivity contribution in [2.45, 2.75) is 12.3 Å². The minimum atomic E-state index is -0.455. The number of hydrogen-bond acceptors (Lipinski definition) is 4. The van der Waals surface area contributed by atoms with E-state index in [-0.39, 0.29) is 11.0 Å². The van der Waals surface area contributed by atoms with Crippen molar-refractivity contribution in [2.75, 3.05) is 18.4 Å². The fourth-order valence-corrected chi connectivity index (χ4v) is 3.10. The van der Waals surface area contributed by atoms with E-state index >= 15 is 0 Å². The highest BCUT2D eigenvalue weighted by Gasteiger charge is 2.33. The van der Waals surface area contributed by atoms with Gasteiger partial charge in [0.15, 0.2) is 5.82 Å². The van der Waals surface area contributed by atoms with Gasteiger partial charge in [0.2, 0.25) is 0 Å². The van der Waals surface area contributed by atoms with Gasteiger partial charge in [-0.15, -0.1) is 6.42 Å². The van der Waals surface area contributed by atoms with Gasteiger partial charge in [0.25, 0.3) is 0 Å². The van der Waals surface area contributed by atoms with Crippen molar-refractivity contribution < 1.29 is 4.39 Å². The smallest absolute Gasteiger partial charge is 0.162 e. The molecule has 3 aromatic rings. The molecule has 0 radical (unpaired) electrons. The van der Waals surface area contributed by atoms with E-state index < -0.39 is 5.82 Å². The molecule has 0 aliphatic carbocycles. The van der Waals surface area contributed by atoms with Crippen molar-refractivity contribution in [1.29, 1.82) is 0 Å². The summed E-state index contributed by atoms with van der Waals surface area (Å²) < 4.78 is 14.4. The molecule has 0 bridgehead atoms. The number of nitrogens with one attached hydrogen (secondary N) is 2. The van der Waals surface area contributed by atoms with Gasteiger partial charge in [0.1, 0.15) is 12.1 Å². The maximum absolute atomic E-state index is 14.4. The fraction of sp³-hybridized carbons (Fsp3) is 0.200. The van der Waals surface area contributed by atoms with Gasteiger partial charge in [-0.25, -0.2) is 14.4 Å². The molecule has 0 spiro atoms. The Labute approximate surface area is 145 Å². The monoisotopic (exact) mass is 332 g/mol. The summed E-state index contributed by atoms with van der Waals surface area (Å²) in [4.78, 5) is 8.62. The molecule has 124 valence electrons. The Morgan fingerprint density at radius 3 is 2.80 bits per heavy atom. The summed E-state index contributed by atoms with van der Waals surface area (Å²) in [5.74, 6) is 2.46. The number of terminal acetylenes is 1. The zero-order chi connectivity index (χ0) is 17.4. The minimum Gasteiger partial charge on any atom is -0.337 e. The van der Waals surface area contributed by atoms with E-state index in [2.05, 4.69) is 45.6 Å². The lowest BCUT2D eigenvalue weighted by molar-refractivity contribution is 0.306. The highest BCUT2D eigenvalue weighted by atomic mass is 19.1. The lowest BCUT2D eigenvalue weighted by atomic mass is 9.77.